The van der Waals surface area contributed by atoms with Crippen molar-refractivity contribution in [3.05, 3.63) is 0 Å². The van der Waals surface area contributed by atoms with Gasteiger partial charge in [0.05, 0.1) is 0 Å². The van der Waals surface area contributed by atoms with E-state index in [4.69, 9.17) is 0 Å². The van der Waals surface area contributed by atoms with Crippen LogP contribution >= 0.6 is 0 Å². The zero-order valence-corrected chi connectivity index (χ0v) is 18.4. The van der Waals surface area contributed by atoms with E-state index in [1.54, 1.807) is 0 Å². The number of halogens is 29. The first-order valence-corrected chi connectivity index (χ1v) is 8.93. The van der Waals surface area contributed by atoms with Crippen molar-refractivity contribution in [1.82, 2.24) is 0 Å². The highest BCUT2D eigenvalue weighted by molar-refractivity contribution is 5.20. The third-order valence-electron chi connectivity index (χ3n) is 5.06. The Morgan fingerprint density at radius 3 is 0.409 bits per heavy atom. The molecule has 0 aliphatic heterocycles. The Morgan fingerprint density at radius 2 is 0.295 bits per heavy atom. The number of hydrogen-bond acceptors (Lipinski definition) is 0. The molecular weight excluding hydrogens is 735 g/mol. The highest BCUT2D eigenvalue weighted by Gasteiger charge is 3.01. The normalized spacial score (nSPS) is 17.3. The summed E-state index contributed by atoms with van der Waals surface area (Å²) >= 11 is 0. The molecule has 0 bridgehead atoms. The molecule has 0 N–H and O–H groups in total. The molecule has 0 heterocycles. The van der Waals surface area contributed by atoms with Crippen LogP contribution in [0.3, 0.4) is 0 Å². The van der Waals surface area contributed by atoms with Crippen LogP contribution in [0.5, 0.6) is 0 Å². The molecule has 0 aliphatic rings. The summed E-state index contributed by atoms with van der Waals surface area (Å²) in [6, 6.07) is 0. The van der Waals surface area contributed by atoms with Crippen LogP contribution in [0.25, 0.3) is 0 Å². The van der Waals surface area contributed by atoms with Crippen LogP contribution in [0.2, 0.25) is 0 Å². The molecule has 30 heteroatoms. The van der Waals surface area contributed by atoms with Gasteiger partial charge in [0.25, 0.3) is 0 Å². The summed E-state index contributed by atoms with van der Waals surface area (Å²) in [6.07, 6.45) is -16.4. The van der Waals surface area contributed by atoms with Gasteiger partial charge < -0.3 is 0 Å². The van der Waals surface area contributed by atoms with Crippen molar-refractivity contribution in [2.45, 2.75) is 83.4 Å². The van der Waals surface area contributed by atoms with E-state index in [-0.39, 0.29) is 0 Å². The van der Waals surface area contributed by atoms with Gasteiger partial charge in [0.15, 0.2) is 0 Å². The van der Waals surface area contributed by atoms with E-state index < -0.39 is 83.4 Å². The molecule has 0 unspecified atom stereocenters. The molecule has 0 spiro atoms. The Bertz CT molecular complexity index is 969. The Balaban J connectivity index is 7.52. The van der Waals surface area contributed by atoms with Crippen LogP contribution in [0.1, 0.15) is 0 Å². The molecule has 0 saturated carbocycles. The summed E-state index contributed by atoms with van der Waals surface area (Å²) in [5, 5.41) is 9.66. The van der Waals surface area contributed by atoms with Gasteiger partial charge in [0.2, 0.25) is 0 Å². The zero-order valence-electron chi connectivity index (χ0n) is 18.4. The summed E-state index contributed by atoms with van der Waals surface area (Å²) in [5.74, 6) is -114. The molecule has 1 nitrogen and oxygen atoms in total. The Morgan fingerprint density at radius 1 is 0.182 bits per heavy atom. The maximum Gasteiger partial charge on any atom is 0.460 e. The lowest BCUT2D eigenvalue weighted by atomic mass is 9.84. The predicted molar refractivity (Wildman–Crippen MR) is 71.1 cm³/mol. The average molecular weight is 735 g/mol. The van der Waals surface area contributed by atoms with Crippen LogP contribution < -0.4 is 0 Å². The molecule has 0 aromatic heterocycles. The highest BCUT2D eigenvalue weighted by Crippen LogP contribution is 2.68. The van der Waals surface area contributed by atoms with Crippen molar-refractivity contribution in [1.29, 1.82) is 0 Å². The second kappa shape index (κ2) is 9.72. The van der Waals surface area contributed by atoms with Crippen molar-refractivity contribution in [2.24, 2.45) is 0 Å². The van der Waals surface area contributed by atoms with Crippen molar-refractivity contribution >= 4 is 0 Å². The summed E-state index contributed by atoms with van der Waals surface area (Å²) in [5.41, 5.74) is 0. The highest BCUT2D eigenvalue weighted by atomic mass is 19.4. The van der Waals surface area contributed by atoms with Gasteiger partial charge in [0, 0.05) is 0 Å². The molecule has 0 aromatic rings. The minimum Gasteiger partial charge on any atom is -0.192 e. The molecule has 0 rings (SSSR count). The van der Waals surface area contributed by atoms with Gasteiger partial charge in [-0.05, 0) is 0 Å². The van der Waals surface area contributed by atoms with Crippen LogP contribution in [0, 0.1) is 0 Å². The quantitative estimate of drug-likeness (QED) is 0.178. The maximum atomic E-state index is 13.5. The van der Waals surface area contributed by atoms with Crippen molar-refractivity contribution in [3.63, 3.8) is 0 Å². The second-order valence-electron chi connectivity index (χ2n) is 7.91. The van der Waals surface area contributed by atoms with E-state index in [0.717, 1.165) is 0 Å². The summed E-state index contributed by atoms with van der Waals surface area (Å²) in [6.45, 7) is 0. The largest absolute Gasteiger partial charge is 0.460 e. The fraction of sp³-hybridized carbons (Fsp3) is 1.00. The van der Waals surface area contributed by atoms with Gasteiger partial charge in [0.1, 0.15) is 0 Å². The first-order valence-electron chi connectivity index (χ1n) is 8.93. The monoisotopic (exact) mass is 735 g/mol. The lowest BCUT2D eigenvalue weighted by Crippen LogP contribution is -2.79. The van der Waals surface area contributed by atoms with Gasteiger partial charge in [-0.1, -0.05) is 0 Å². The van der Waals surface area contributed by atoms with E-state index >= 15 is 0 Å². The minimum atomic E-state index is -9.96. The minimum absolute atomic E-state index is 8.05. The third kappa shape index (κ3) is 4.58. The van der Waals surface area contributed by atoms with Crippen LogP contribution in [-0.2, 0) is 5.11 Å². The summed E-state index contributed by atoms with van der Waals surface area (Å²) in [4.78, 5) is 0. The molecule has 0 amide bonds. The van der Waals surface area contributed by atoms with Crippen molar-refractivity contribution in [3.8, 4) is 0 Å². The number of alkyl halides is 29. The van der Waals surface area contributed by atoms with Gasteiger partial charge >= 0.3 is 83.4 Å². The summed E-state index contributed by atoms with van der Waals surface area (Å²) in [7, 11) is 0. The first-order chi connectivity index (χ1) is 18.2. The molecule has 0 atom stereocenters. The van der Waals surface area contributed by atoms with E-state index in [1.165, 1.54) is 0 Å². The molecule has 265 valence electrons. The predicted octanol–water partition coefficient (Wildman–Crippen LogP) is 9.20. The van der Waals surface area contributed by atoms with Crippen molar-refractivity contribution in [2.75, 3.05) is 0 Å². The number of rotatable bonds is 12. The Hall–Kier alpha value is -2.07. The van der Waals surface area contributed by atoms with Crippen LogP contribution in [0.4, 0.5) is 127 Å². The van der Waals surface area contributed by atoms with Gasteiger partial charge in [-0.15, -0.1) is 0 Å². The fourth-order valence-corrected chi connectivity index (χ4v) is 2.33. The smallest absolute Gasteiger partial charge is 0.192 e. The molecule has 1 radical (unpaired) electrons. The van der Waals surface area contributed by atoms with E-state index in [2.05, 4.69) is 0 Å². The third-order valence-corrected chi connectivity index (χ3v) is 5.06. The van der Waals surface area contributed by atoms with Gasteiger partial charge in [-0.2, -0.15) is 132 Å². The topological polar surface area (TPSA) is 19.9 Å². The maximum absolute atomic E-state index is 13.5. The summed E-state index contributed by atoms with van der Waals surface area (Å²) < 4.78 is 377. The van der Waals surface area contributed by atoms with Crippen molar-refractivity contribution < 1.29 is 132 Å². The second-order valence-corrected chi connectivity index (χ2v) is 7.91. The van der Waals surface area contributed by atoms with E-state index in [9.17, 15) is 132 Å². The molecule has 0 saturated heterocycles. The Kier molecular flexibility index (Phi) is 9.26. The fourth-order valence-electron chi connectivity index (χ4n) is 2.33. The molecular formula is C14F29O. The molecule has 0 aromatic carbocycles. The first kappa shape index (κ1) is 41.9. The standard InChI is InChI=1S/C14F29O/c15-1(16,3(19,20)5(23,24)7(27,28)9(31,32)11(35,36)13(39,40)41)2(17,18)4(21,22)6(25,26)8(29,30)10(33,34)12(37,38)14(42,43)44. The lowest BCUT2D eigenvalue weighted by molar-refractivity contribution is -0.493. The van der Waals surface area contributed by atoms with Gasteiger partial charge in [-0.25, -0.2) is 0 Å². The van der Waals surface area contributed by atoms with Crippen LogP contribution in [0.15, 0.2) is 0 Å². The zero-order chi connectivity index (χ0) is 37.0. The van der Waals surface area contributed by atoms with Gasteiger partial charge in [-0.3, -0.25) is 0 Å². The molecule has 0 aliphatic carbocycles. The van der Waals surface area contributed by atoms with Crippen LogP contribution in [-0.4, -0.2) is 83.4 Å². The average Bonchev–Trinajstić information content (AvgIpc) is 2.75. The number of hydrogen-bond donors (Lipinski definition) is 0. The lowest BCUT2D eigenvalue weighted by Gasteiger charge is -2.46. The Labute approximate surface area is 217 Å². The van der Waals surface area contributed by atoms with E-state index in [0.29, 0.717) is 0 Å². The molecule has 0 fully saturated rings. The SMILES string of the molecule is [O]C(F)(F)C(F)(F)C(F)(F)C(F)(F)C(F)(F)C(F)(F)C(F)(F)C(F)(F)C(F)(F)C(F)(F)C(F)(F)C(F)(F)C(F)(F)C(F)(F)F. The molecule has 44 heavy (non-hydrogen) atoms. The van der Waals surface area contributed by atoms with E-state index in [1.807, 2.05) is 0 Å².